The summed E-state index contributed by atoms with van der Waals surface area (Å²) in [7, 11) is 0. The van der Waals surface area contributed by atoms with Crippen molar-refractivity contribution in [2.75, 3.05) is 12.8 Å². The first kappa shape index (κ1) is 17.7. The minimum Gasteiger partial charge on any atom is -0.356 e. The Morgan fingerprint density at radius 3 is 2.54 bits per heavy atom. The van der Waals surface area contributed by atoms with Gasteiger partial charge in [-0.2, -0.15) is 0 Å². The lowest BCUT2D eigenvalue weighted by molar-refractivity contribution is -0.121. The number of hydrogen-bond donors (Lipinski definition) is 1. The molecule has 0 saturated heterocycles. The van der Waals surface area contributed by atoms with Crippen LogP contribution < -0.4 is 5.32 Å². The van der Waals surface area contributed by atoms with Crippen molar-refractivity contribution in [3.8, 4) is 0 Å². The van der Waals surface area contributed by atoms with Crippen LogP contribution in [-0.2, 0) is 11.2 Å². The topological polar surface area (TPSA) is 54.9 Å². The summed E-state index contributed by atoms with van der Waals surface area (Å²) in [6.07, 6.45) is 10.1. The first-order valence-electron chi connectivity index (χ1n) is 9.21. The van der Waals surface area contributed by atoms with Crippen LogP contribution in [0.5, 0.6) is 0 Å². The van der Waals surface area contributed by atoms with Gasteiger partial charge in [0.05, 0.1) is 0 Å². The highest BCUT2D eigenvalue weighted by atomic mass is 32.2. The SMILES string of the molecule is CSc1nc(C)c(CCC(=O)NCCC2CC3CCC2C3)c(C)n1. The summed E-state index contributed by atoms with van der Waals surface area (Å²) in [4.78, 5) is 21.1. The molecule has 1 N–H and O–H groups in total. The standard InChI is InChI=1S/C19H29N3OS/c1-12-17(13(2)22-19(21-12)24-3)6-7-18(23)20-9-8-16-11-14-4-5-15(16)10-14/h14-16H,4-11H2,1-3H3,(H,20,23). The number of aromatic nitrogens is 2. The summed E-state index contributed by atoms with van der Waals surface area (Å²) in [5, 5.41) is 3.93. The maximum absolute atomic E-state index is 12.1. The second-order valence-electron chi connectivity index (χ2n) is 7.43. The van der Waals surface area contributed by atoms with Gasteiger partial charge in [-0.15, -0.1) is 0 Å². The van der Waals surface area contributed by atoms with Gasteiger partial charge in [-0.25, -0.2) is 9.97 Å². The van der Waals surface area contributed by atoms with Crippen molar-refractivity contribution in [2.24, 2.45) is 17.8 Å². The van der Waals surface area contributed by atoms with Gasteiger partial charge < -0.3 is 5.32 Å². The molecule has 3 rings (SSSR count). The Morgan fingerprint density at radius 1 is 1.21 bits per heavy atom. The monoisotopic (exact) mass is 347 g/mol. The molecule has 2 saturated carbocycles. The van der Waals surface area contributed by atoms with E-state index in [4.69, 9.17) is 0 Å². The predicted octanol–water partition coefficient (Wildman–Crippen LogP) is 3.69. The Morgan fingerprint density at radius 2 is 1.96 bits per heavy atom. The van der Waals surface area contributed by atoms with Crippen molar-refractivity contribution >= 4 is 17.7 Å². The van der Waals surface area contributed by atoms with Crippen LogP contribution in [0.2, 0.25) is 0 Å². The van der Waals surface area contributed by atoms with E-state index >= 15 is 0 Å². The van der Waals surface area contributed by atoms with Crippen LogP contribution in [0, 0.1) is 31.6 Å². The van der Waals surface area contributed by atoms with E-state index in [1.165, 1.54) is 25.7 Å². The highest BCUT2D eigenvalue weighted by Crippen LogP contribution is 2.49. The van der Waals surface area contributed by atoms with Crippen LogP contribution in [0.4, 0.5) is 0 Å². The zero-order valence-electron chi connectivity index (χ0n) is 15.1. The number of rotatable bonds is 7. The van der Waals surface area contributed by atoms with E-state index in [9.17, 15) is 4.79 Å². The number of hydrogen-bond acceptors (Lipinski definition) is 4. The van der Waals surface area contributed by atoms with E-state index in [2.05, 4.69) is 15.3 Å². The molecule has 1 amide bonds. The van der Waals surface area contributed by atoms with E-state index in [-0.39, 0.29) is 5.91 Å². The molecule has 5 heteroatoms. The molecule has 1 heterocycles. The van der Waals surface area contributed by atoms with Crippen molar-refractivity contribution in [2.45, 2.75) is 63.9 Å². The molecule has 2 fully saturated rings. The molecule has 3 unspecified atom stereocenters. The van der Waals surface area contributed by atoms with Crippen LogP contribution in [0.25, 0.3) is 0 Å². The number of carbonyl (C=O) groups is 1. The third-order valence-electron chi connectivity index (χ3n) is 5.91. The second-order valence-corrected chi connectivity index (χ2v) is 8.21. The molecule has 2 bridgehead atoms. The minimum atomic E-state index is 0.158. The van der Waals surface area contributed by atoms with Gasteiger partial charge in [-0.1, -0.05) is 18.2 Å². The predicted molar refractivity (Wildman–Crippen MR) is 98.2 cm³/mol. The van der Waals surface area contributed by atoms with Crippen molar-refractivity contribution in [1.82, 2.24) is 15.3 Å². The Bertz CT molecular complexity index is 581. The normalized spacial score (nSPS) is 25.2. The summed E-state index contributed by atoms with van der Waals surface area (Å²) in [6.45, 7) is 4.86. The van der Waals surface area contributed by atoms with Gasteiger partial charge in [-0.3, -0.25) is 4.79 Å². The van der Waals surface area contributed by atoms with E-state index in [1.54, 1.807) is 11.8 Å². The number of fused-ring (bicyclic) bond motifs is 2. The minimum absolute atomic E-state index is 0.158. The molecule has 1 aromatic heterocycles. The van der Waals surface area contributed by atoms with Crippen molar-refractivity contribution < 1.29 is 4.79 Å². The van der Waals surface area contributed by atoms with Crippen LogP contribution >= 0.6 is 11.8 Å². The molecule has 24 heavy (non-hydrogen) atoms. The maximum Gasteiger partial charge on any atom is 0.220 e. The molecule has 3 atom stereocenters. The molecule has 4 nitrogen and oxygen atoms in total. The average molecular weight is 348 g/mol. The van der Waals surface area contributed by atoms with Gasteiger partial charge in [0, 0.05) is 24.4 Å². The van der Waals surface area contributed by atoms with Gasteiger partial charge >= 0.3 is 0 Å². The lowest BCUT2D eigenvalue weighted by Gasteiger charge is -2.21. The highest BCUT2D eigenvalue weighted by molar-refractivity contribution is 7.98. The maximum atomic E-state index is 12.1. The molecule has 132 valence electrons. The quantitative estimate of drug-likeness (QED) is 0.604. The van der Waals surface area contributed by atoms with Crippen LogP contribution in [0.15, 0.2) is 5.16 Å². The zero-order valence-corrected chi connectivity index (χ0v) is 15.9. The first-order chi connectivity index (χ1) is 11.6. The second kappa shape index (κ2) is 7.85. The number of nitrogens with zero attached hydrogens (tertiary/aromatic N) is 2. The zero-order chi connectivity index (χ0) is 17.1. The Labute approximate surface area is 149 Å². The number of amides is 1. The molecule has 0 radical (unpaired) electrons. The van der Waals surface area contributed by atoms with Crippen LogP contribution in [0.1, 0.15) is 55.5 Å². The molecule has 0 aromatic carbocycles. The summed E-state index contributed by atoms with van der Waals surface area (Å²) < 4.78 is 0. The fourth-order valence-electron chi connectivity index (χ4n) is 4.62. The number of carbonyl (C=O) groups excluding carboxylic acids is 1. The number of aryl methyl sites for hydroxylation is 2. The summed E-state index contributed by atoms with van der Waals surface area (Å²) in [6, 6.07) is 0. The summed E-state index contributed by atoms with van der Waals surface area (Å²) >= 11 is 1.56. The molecular weight excluding hydrogens is 318 g/mol. The fraction of sp³-hybridized carbons (Fsp3) is 0.737. The lowest BCUT2D eigenvalue weighted by atomic mass is 9.86. The number of thioether (sulfide) groups is 1. The van der Waals surface area contributed by atoms with Crippen molar-refractivity contribution in [3.05, 3.63) is 17.0 Å². The average Bonchev–Trinajstić information content (AvgIpc) is 3.16. The molecule has 2 aliphatic carbocycles. The van der Waals surface area contributed by atoms with E-state index < -0.39 is 0 Å². The first-order valence-corrected chi connectivity index (χ1v) is 10.4. The van der Waals surface area contributed by atoms with Gasteiger partial charge in [0.15, 0.2) is 5.16 Å². The van der Waals surface area contributed by atoms with Crippen LogP contribution in [-0.4, -0.2) is 28.7 Å². The smallest absolute Gasteiger partial charge is 0.220 e. The van der Waals surface area contributed by atoms with E-state index in [1.807, 2.05) is 20.1 Å². The third-order valence-corrected chi connectivity index (χ3v) is 6.45. The Hall–Kier alpha value is -1.10. The Balaban J connectivity index is 1.41. The molecule has 1 aromatic rings. The molecule has 2 aliphatic rings. The van der Waals surface area contributed by atoms with Gasteiger partial charge in [0.1, 0.15) is 0 Å². The van der Waals surface area contributed by atoms with Crippen LogP contribution in [0.3, 0.4) is 0 Å². The summed E-state index contributed by atoms with van der Waals surface area (Å²) in [5.74, 6) is 2.96. The van der Waals surface area contributed by atoms with E-state index in [0.29, 0.717) is 6.42 Å². The molecule has 0 aliphatic heterocycles. The summed E-state index contributed by atoms with van der Waals surface area (Å²) in [5.41, 5.74) is 3.12. The number of nitrogens with one attached hydrogen (secondary N) is 1. The molecular formula is C19H29N3OS. The van der Waals surface area contributed by atoms with Gasteiger partial charge in [0.25, 0.3) is 0 Å². The lowest BCUT2D eigenvalue weighted by Crippen LogP contribution is -2.27. The van der Waals surface area contributed by atoms with E-state index in [0.717, 1.165) is 59.2 Å². The largest absolute Gasteiger partial charge is 0.356 e. The van der Waals surface area contributed by atoms with Crippen molar-refractivity contribution in [1.29, 1.82) is 0 Å². The highest BCUT2D eigenvalue weighted by Gasteiger charge is 2.38. The fourth-order valence-corrected chi connectivity index (χ4v) is 5.07. The van der Waals surface area contributed by atoms with Crippen molar-refractivity contribution in [3.63, 3.8) is 0 Å². The van der Waals surface area contributed by atoms with Gasteiger partial charge in [-0.05, 0) is 75.5 Å². The Kier molecular flexibility index (Phi) is 5.80. The third kappa shape index (κ3) is 4.11. The van der Waals surface area contributed by atoms with Gasteiger partial charge in [0.2, 0.25) is 5.91 Å². The molecule has 0 spiro atoms.